The highest BCUT2D eigenvalue weighted by molar-refractivity contribution is 7.33. The van der Waals surface area contributed by atoms with E-state index < -0.39 is 8.25 Å². The van der Waals surface area contributed by atoms with Gasteiger partial charge in [-0.3, -0.25) is 0 Å². The van der Waals surface area contributed by atoms with Gasteiger partial charge in [0.25, 0.3) is 0 Å². The molecule has 0 fully saturated rings. The average Bonchev–Trinajstić information content (AvgIpc) is 2.44. The lowest BCUT2D eigenvalue weighted by atomic mass is 10.2. The van der Waals surface area contributed by atoms with Crippen LogP contribution in [-0.2, 0) is 30.0 Å². The van der Waals surface area contributed by atoms with E-state index in [0.717, 1.165) is 5.56 Å². The van der Waals surface area contributed by atoms with Gasteiger partial charge in [0.15, 0.2) is 0 Å². The standard InChI is InChI=1S/C12H18O6P/c1-15-18-19(14)17-8-7-12(9-13)16-10-11-5-3-2-4-6-11/h2-6,12-13H,7-10H2,1H3/q+1. The van der Waals surface area contributed by atoms with Crippen molar-refractivity contribution in [3.05, 3.63) is 35.9 Å². The van der Waals surface area contributed by atoms with E-state index >= 15 is 0 Å². The zero-order valence-electron chi connectivity index (χ0n) is 10.7. The summed E-state index contributed by atoms with van der Waals surface area (Å²) >= 11 is 0. The lowest BCUT2D eigenvalue weighted by Crippen LogP contribution is -2.19. The second-order valence-corrected chi connectivity index (χ2v) is 4.54. The van der Waals surface area contributed by atoms with Gasteiger partial charge in [0.2, 0.25) is 0 Å². The Labute approximate surface area is 113 Å². The van der Waals surface area contributed by atoms with Crippen LogP contribution in [0.3, 0.4) is 0 Å². The Hall–Kier alpha value is -0.880. The monoisotopic (exact) mass is 289 g/mol. The van der Waals surface area contributed by atoms with Crippen LogP contribution >= 0.6 is 8.25 Å². The van der Waals surface area contributed by atoms with E-state index in [1.807, 2.05) is 30.3 Å². The molecule has 0 aliphatic rings. The van der Waals surface area contributed by atoms with Crippen molar-refractivity contribution in [2.24, 2.45) is 0 Å². The van der Waals surface area contributed by atoms with Crippen LogP contribution in [0.15, 0.2) is 30.3 Å². The van der Waals surface area contributed by atoms with Gasteiger partial charge in [0, 0.05) is 11.0 Å². The third-order valence-electron chi connectivity index (χ3n) is 2.30. The minimum absolute atomic E-state index is 0.127. The number of aliphatic hydroxyl groups is 1. The summed E-state index contributed by atoms with van der Waals surface area (Å²) in [6, 6.07) is 9.64. The maximum Gasteiger partial charge on any atom is 0.728 e. The van der Waals surface area contributed by atoms with Crippen LogP contribution < -0.4 is 0 Å². The summed E-state index contributed by atoms with van der Waals surface area (Å²) in [6.07, 6.45) is 0.0449. The largest absolute Gasteiger partial charge is 0.728 e. The molecule has 6 nitrogen and oxygen atoms in total. The first-order valence-electron chi connectivity index (χ1n) is 5.83. The predicted octanol–water partition coefficient (Wildman–Crippen LogP) is 2.21. The second kappa shape index (κ2) is 9.97. The number of ether oxygens (including phenoxy) is 1. The van der Waals surface area contributed by atoms with Crippen molar-refractivity contribution in [1.29, 1.82) is 0 Å². The quantitative estimate of drug-likeness (QED) is 0.404. The summed E-state index contributed by atoms with van der Waals surface area (Å²) in [6.45, 7) is 0.434. The first-order chi connectivity index (χ1) is 9.26. The van der Waals surface area contributed by atoms with E-state index in [4.69, 9.17) is 14.4 Å². The van der Waals surface area contributed by atoms with Crippen molar-refractivity contribution in [2.45, 2.75) is 19.1 Å². The molecule has 1 rings (SSSR count). The summed E-state index contributed by atoms with van der Waals surface area (Å²) in [7, 11) is -1.03. The normalized spacial score (nSPS) is 13.3. The van der Waals surface area contributed by atoms with Crippen molar-refractivity contribution in [1.82, 2.24) is 0 Å². The Morgan fingerprint density at radius 3 is 2.68 bits per heavy atom. The minimum Gasteiger partial charge on any atom is -0.394 e. The van der Waals surface area contributed by atoms with Gasteiger partial charge in [0.05, 0.1) is 31.1 Å². The lowest BCUT2D eigenvalue weighted by Gasteiger charge is -2.13. The molecule has 19 heavy (non-hydrogen) atoms. The maximum atomic E-state index is 11.0. The zero-order valence-corrected chi connectivity index (χ0v) is 11.6. The van der Waals surface area contributed by atoms with Gasteiger partial charge in [-0.2, -0.15) is 4.89 Å². The maximum absolute atomic E-state index is 11.0. The Kier molecular flexibility index (Phi) is 8.49. The molecule has 7 heteroatoms. The number of rotatable bonds is 10. The molecule has 0 heterocycles. The molecule has 2 atom stereocenters. The SMILES string of the molecule is COO[P+](=O)OCCC(CO)OCc1ccccc1. The van der Waals surface area contributed by atoms with Gasteiger partial charge >= 0.3 is 8.25 Å². The van der Waals surface area contributed by atoms with E-state index in [0.29, 0.717) is 13.0 Å². The molecule has 1 aromatic rings. The van der Waals surface area contributed by atoms with Gasteiger partial charge in [-0.05, 0) is 5.56 Å². The number of hydrogen-bond donors (Lipinski definition) is 1. The molecule has 0 bridgehead atoms. The van der Waals surface area contributed by atoms with Crippen LogP contribution in [0.25, 0.3) is 0 Å². The van der Waals surface area contributed by atoms with E-state index in [2.05, 4.69) is 9.56 Å². The minimum atomic E-state index is -2.28. The molecule has 0 saturated carbocycles. The molecule has 0 aliphatic heterocycles. The molecule has 1 N–H and O–H groups in total. The first-order valence-corrected chi connectivity index (χ1v) is 6.93. The zero-order chi connectivity index (χ0) is 13.9. The number of aliphatic hydroxyl groups excluding tert-OH is 1. The summed E-state index contributed by atoms with van der Waals surface area (Å²) in [5.41, 5.74) is 1.02. The van der Waals surface area contributed by atoms with Gasteiger partial charge in [-0.15, -0.1) is 4.52 Å². The third kappa shape index (κ3) is 7.32. The van der Waals surface area contributed by atoms with Crippen LogP contribution in [0, 0.1) is 0 Å². The fourth-order valence-corrected chi connectivity index (χ4v) is 1.78. The Balaban J connectivity index is 2.21. The molecule has 0 saturated heterocycles. The predicted molar refractivity (Wildman–Crippen MR) is 68.4 cm³/mol. The highest BCUT2D eigenvalue weighted by atomic mass is 31.1. The Morgan fingerprint density at radius 2 is 2.05 bits per heavy atom. The average molecular weight is 289 g/mol. The molecule has 0 spiro atoms. The van der Waals surface area contributed by atoms with Crippen LogP contribution in [0.2, 0.25) is 0 Å². The highest BCUT2D eigenvalue weighted by Crippen LogP contribution is 2.23. The van der Waals surface area contributed by atoms with E-state index in [1.54, 1.807) is 0 Å². The van der Waals surface area contributed by atoms with Crippen LogP contribution in [-0.4, -0.2) is 31.5 Å². The van der Waals surface area contributed by atoms with Gasteiger partial charge in [0.1, 0.15) is 6.61 Å². The summed E-state index contributed by atoms with van der Waals surface area (Å²) in [5, 5.41) is 9.16. The molecule has 106 valence electrons. The topological polar surface area (TPSA) is 74.2 Å². The van der Waals surface area contributed by atoms with Crippen molar-refractivity contribution in [3.63, 3.8) is 0 Å². The van der Waals surface area contributed by atoms with Crippen LogP contribution in [0.5, 0.6) is 0 Å². The summed E-state index contributed by atoms with van der Waals surface area (Å²) in [5.74, 6) is 0. The molecular formula is C12H18O6P+. The molecule has 0 radical (unpaired) electrons. The first kappa shape index (κ1) is 16.2. The summed E-state index contributed by atoms with van der Waals surface area (Å²) in [4.78, 5) is 4.20. The van der Waals surface area contributed by atoms with Crippen molar-refractivity contribution >= 4 is 8.25 Å². The molecule has 0 aromatic heterocycles. The molecule has 0 aliphatic carbocycles. The fraction of sp³-hybridized carbons (Fsp3) is 0.500. The van der Waals surface area contributed by atoms with Crippen molar-refractivity contribution in [3.8, 4) is 0 Å². The molecular weight excluding hydrogens is 271 g/mol. The second-order valence-electron chi connectivity index (χ2n) is 3.69. The smallest absolute Gasteiger partial charge is 0.394 e. The third-order valence-corrected chi connectivity index (χ3v) is 2.97. The van der Waals surface area contributed by atoms with E-state index in [9.17, 15) is 4.57 Å². The van der Waals surface area contributed by atoms with Crippen molar-refractivity contribution < 1.29 is 28.5 Å². The number of hydrogen-bond acceptors (Lipinski definition) is 6. The summed E-state index contributed by atoms with van der Waals surface area (Å²) < 4.78 is 25.6. The fourth-order valence-electron chi connectivity index (χ4n) is 1.36. The van der Waals surface area contributed by atoms with Crippen molar-refractivity contribution in [2.75, 3.05) is 20.3 Å². The molecule has 1 aromatic carbocycles. The molecule has 2 unspecified atom stereocenters. The Morgan fingerprint density at radius 1 is 1.32 bits per heavy atom. The van der Waals surface area contributed by atoms with Gasteiger partial charge in [-0.25, -0.2) is 0 Å². The number of benzene rings is 1. The van der Waals surface area contributed by atoms with E-state index in [1.165, 1.54) is 7.11 Å². The van der Waals surface area contributed by atoms with E-state index in [-0.39, 0.29) is 19.3 Å². The Bertz CT molecular complexity index is 358. The van der Waals surface area contributed by atoms with Crippen LogP contribution in [0.4, 0.5) is 0 Å². The lowest BCUT2D eigenvalue weighted by molar-refractivity contribution is -0.181. The highest BCUT2D eigenvalue weighted by Gasteiger charge is 2.22. The molecule has 0 amide bonds. The van der Waals surface area contributed by atoms with Crippen LogP contribution in [0.1, 0.15) is 12.0 Å². The van der Waals surface area contributed by atoms with Gasteiger partial charge < -0.3 is 9.84 Å². The van der Waals surface area contributed by atoms with Gasteiger partial charge in [-0.1, -0.05) is 30.3 Å².